The highest BCUT2D eigenvalue weighted by molar-refractivity contribution is 6.30. The largest absolute Gasteiger partial charge is 0.304 e. The van der Waals surface area contributed by atoms with Gasteiger partial charge in [-0.25, -0.2) is 0 Å². The minimum absolute atomic E-state index is 0.0802. The van der Waals surface area contributed by atoms with Crippen LogP contribution in [0.15, 0.2) is 48.5 Å². The zero-order chi connectivity index (χ0) is 14.7. The van der Waals surface area contributed by atoms with Gasteiger partial charge in [-0.05, 0) is 24.6 Å². The van der Waals surface area contributed by atoms with Crippen molar-refractivity contribution in [1.29, 1.82) is 0 Å². The summed E-state index contributed by atoms with van der Waals surface area (Å²) in [6.07, 6.45) is 0. The summed E-state index contributed by atoms with van der Waals surface area (Å²) >= 11 is 5.99. The second kappa shape index (κ2) is 4.31. The van der Waals surface area contributed by atoms with Gasteiger partial charge in [-0.2, -0.15) is 9.78 Å². The molecule has 4 heteroatoms. The number of hydrogen-bond donors (Lipinski definition) is 0. The van der Waals surface area contributed by atoms with Crippen molar-refractivity contribution in [1.82, 2.24) is 0 Å². The predicted molar refractivity (Wildman–Crippen MR) is 78.7 cm³/mol. The number of ether oxygens (including phenoxy) is 1. The Balaban J connectivity index is 1.96. The Kier molecular flexibility index (Phi) is 2.72. The molecule has 21 heavy (non-hydrogen) atoms. The Morgan fingerprint density at radius 1 is 1.00 bits per heavy atom. The van der Waals surface area contributed by atoms with Crippen LogP contribution in [0.5, 0.6) is 0 Å². The fourth-order valence-corrected chi connectivity index (χ4v) is 3.24. The van der Waals surface area contributed by atoms with E-state index in [9.17, 15) is 0 Å². The van der Waals surface area contributed by atoms with E-state index in [2.05, 4.69) is 13.0 Å². The second-order valence-electron chi connectivity index (χ2n) is 5.72. The molecule has 2 aliphatic heterocycles. The molecule has 1 unspecified atom stereocenters. The zero-order valence-electron chi connectivity index (χ0n) is 11.8. The molecule has 3 atom stereocenters. The first-order valence-electron chi connectivity index (χ1n) is 6.98. The summed E-state index contributed by atoms with van der Waals surface area (Å²) in [4.78, 5) is 11.3. The molecule has 1 fully saturated rings. The van der Waals surface area contributed by atoms with Gasteiger partial charge in [0.25, 0.3) is 5.79 Å². The summed E-state index contributed by atoms with van der Waals surface area (Å²) in [5, 5.41) is 0.675. The minimum atomic E-state index is -1.03. The molecule has 2 heterocycles. The van der Waals surface area contributed by atoms with Crippen molar-refractivity contribution in [3.8, 4) is 0 Å². The van der Waals surface area contributed by atoms with Crippen LogP contribution in [0, 0.1) is 0 Å². The van der Waals surface area contributed by atoms with E-state index in [0.717, 1.165) is 11.1 Å². The van der Waals surface area contributed by atoms with E-state index in [4.69, 9.17) is 26.1 Å². The first kappa shape index (κ1) is 13.3. The fourth-order valence-electron chi connectivity index (χ4n) is 3.11. The Bertz CT molecular complexity index is 699. The lowest BCUT2D eigenvalue weighted by molar-refractivity contribution is -0.342. The minimum Gasteiger partial charge on any atom is -0.304 e. The molecule has 2 bridgehead atoms. The molecule has 0 amide bonds. The third-order valence-electron chi connectivity index (χ3n) is 4.46. The van der Waals surface area contributed by atoms with Crippen LogP contribution in [0.3, 0.4) is 0 Å². The lowest BCUT2D eigenvalue weighted by Crippen LogP contribution is -2.42. The van der Waals surface area contributed by atoms with E-state index in [1.165, 1.54) is 5.56 Å². The summed E-state index contributed by atoms with van der Waals surface area (Å²) in [6, 6.07) is 15.6. The molecule has 3 nitrogen and oxygen atoms in total. The van der Waals surface area contributed by atoms with Crippen molar-refractivity contribution >= 4 is 11.6 Å². The van der Waals surface area contributed by atoms with Gasteiger partial charge >= 0.3 is 0 Å². The number of rotatable bonds is 1. The van der Waals surface area contributed by atoms with Gasteiger partial charge in [0.05, 0.1) is 0 Å². The van der Waals surface area contributed by atoms with Crippen molar-refractivity contribution in [3.63, 3.8) is 0 Å². The van der Waals surface area contributed by atoms with Gasteiger partial charge in [0.1, 0.15) is 0 Å². The van der Waals surface area contributed by atoms with Gasteiger partial charge in [-0.15, -0.1) is 0 Å². The van der Waals surface area contributed by atoms with Gasteiger partial charge in [0.2, 0.25) is 5.79 Å². The van der Waals surface area contributed by atoms with Crippen LogP contribution in [0.1, 0.15) is 36.5 Å². The zero-order valence-corrected chi connectivity index (χ0v) is 12.6. The van der Waals surface area contributed by atoms with Crippen molar-refractivity contribution in [2.24, 2.45) is 0 Å². The van der Waals surface area contributed by atoms with Crippen LogP contribution in [0.2, 0.25) is 5.02 Å². The number of fused-ring (bicyclic) bond motifs is 4. The average Bonchev–Trinajstić information content (AvgIpc) is 2.84. The van der Waals surface area contributed by atoms with E-state index < -0.39 is 11.6 Å². The van der Waals surface area contributed by atoms with Crippen LogP contribution in [0.4, 0.5) is 0 Å². The van der Waals surface area contributed by atoms with Gasteiger partial charge < -0.3 is 4.74 Å². The molecule has 2 aromatic rings. The maximum atomic E-state index is 6.25. The predicted octanol–water partition coefficient (Wildman–Crippen LogP) is 4.35. The molecule has 1 saturated heterocycles. The number of halogens is 1. The first-order chi connectivity index (χ1) is 10.1. The van der Waals surface area contributed by atoms with Crippen LogP contribution in [-0.2, 0) is 20.3 Å². The number of benzene rings is 2. The van der Waals surface area contributed by atoms with Gasteiger partial charge in [0, 0.05) is 22.1 Å². The Hall–Kier alpha value is -1.39. The van der Waals surface area contributed by atoms with Crippen LogP contribution >= 0.6 is 11.6 Å². The normalized spacial score (nSPS) is 33.8. The van der Waals surface area contributed by atoms with Crippen LogP contribution in [-0.4, -0.2) is 5.79 Å². The Labute approximate surface area is 128 Å². The van der Waals surface area contributed by atoms with E-state index in [-0.39, 0.29) is 5.92 Å². The SMILES string of the molecule is CC1c2ccccc2[C@@]2(c3ccc(Cl)cc3)OO[C@]1(C)O2. The highest BCUT2D eigenvalue weighted by Gasteiger charge is 2.60. The monoisotopic (exact) mass is 302 g/mol. The van der Waals surface area contributed by atoms with E-state index >= 15 is 0 Å². The maximum absolute atomic E-state index is 6.25. The van der Waals surface area contributed by atoms with Crippen LogP contribution in [0.25, 0.3) is 0 Å². The summed E-state index contributed by atoms with van der Waals surface area (Å²) in [7, 11) is 0. The lowest BCUT2D eigenvalue weighted by Gasteiger charge is -2.38. The summed E-state index contributed by atoms with van der Waals surface area (Å²) in [6.45, 7) is 3.99. The summed E-state index contributed by atoms with van der Waals surface area (Å²) in [5.74, 6) is -1.74. The Morgan fingerprint density at radius 3 is 2.48 bits per heavy atom. The summed E-state index contributed by atoms with van der Waals surface area (Å²) < 4.78 is 6.25. The van der Waals surface area contributed by atoms with Gasteiger partial charge in [-0.3, -0.25) is 0 Å². The molecule has 0 N–H and O–H groups in total. The van der Waals surface area contributed by atoms with Gasteiger partial charge in [0.15, 0.2) is 0 Å². The second-order valence-corrected chi connectivity index (χ2v) is 6.15. The fraction of sp³-hybridized carbons (Fsp3) is 0.294. The van der Waals surface area contributed by atoms with Crippen LogP contribution < -0.4 is 0 Å². The standard InChI is InChI=1S/C17H15ClO3/c1-11-14-5-3-4-6-15(14)17(19-16(11,2)20-21-17)12-7-9-13(18)10-8-12/h3-11H,1-2H3/t11?,16-,17+/m0/s1. The maximum Gasteiger partial charge on any atom is 0.257 e. The first-order valence-corrected chi connectivity index (χ1v) is 7.35. The molecule has 2 aliphatic rings. The average molecular weight is 303 g/mol. The molecule has 4 rings (SSSR count). The quantitative estimate of drug-likeness (QED) is 0.733. The van der Waals surface area contributed by atoms with Crippen molar-refractivity contribution in [3.05, 3.63) is 70.2 Å². The highest BCUT2D eigenvalue weighted by atomic mass is 35.5. The van der Waals surface area contributed by atoms with Crippen molar-refractivity contribution in [2.45, 2.75) is 31.3 Å². The van der Waals surface area contributed by atoms with Crippen molar-refractivity contribution in [2.75, 3.05) is 0 Å². The van der Waals surface area contributed by atoms with Gasteiger partial charge in [-0.1, -0.05) is 54.9 Å². The van der Waals surface area contributed by atoms with Crippen molar-refractivity contribution < 1.29 is 14.5 Å². The summed E-state index contributed by atoms with van der Waals surface area (Å²) in [5.41, 5.74) is 3.03. The van der Waals surface area contributed by atoms with E-state index in [0.29, 0.717) is 5.02 Å². The molecule has 0 aromatic heterocycles. The molecule has 0 radical (unpaired) electrons. The topological polar surface area (TPSA) is 27.7 Å². The molecular formula is C17H15ClO3. The third kappa shape index (κ3) is 1.72. The number of hydrogen-bond acceptors (Lipinski definition) is 3. The lowest BCUT2D eigenvalue weighted by atomic mass is 9.81. The molecule has 2 aromatic carbocycles. The smallest absolute Gasteiger partial charge is 0.257 e. The molecule has 0 spiro atoms. The molecule has 0 aliphatic carbocycles. The Morgan fingerprint density at radius 2 is 1.71 bits per heavy atom. The molecule has 108 valence electrons. The van der Waals surface area contributed by atoms with E-state index in [1.54, 1.807) is 0 Å². The third-order valence-corrected chi connectivity index (χ3v) is 4.72. The highest BCUT2D eigenvalue weighted by Crippen LogP contribution is 2.56. The van der Waals surface area contributed by atoms with E-state index in [1.807, 2.05) is 49.4 Å². The molecule has 0 saturated carbocycles. The molecular weight excluding hydrogens is 288 g/mol.